The number of rotatable bonds is 8. The van der Waals surface area contributed by atoms with Gasteiger partial charge in [-0.2, -0.15) is 0 Å². The summed E-state index contributed by atoms with van der Waals surface area (Å²) in [7, 11) is 0. The lowest BCUT2D eigenvalue weighted by atomic mass is 9.86. The summed E-state index contributed by atoms with van der Waals surface area (Å²) in [6, 6.07) is 18.3. The van der Waals surface area contributed by atoms with Crippen LogP contribution in [0.3, 0.4) is 0 Å². The zero-order valence-corrected chi connectivity index (χ0v) is 20.3. The third-order valence-corrected chi connectivity index (χ3v) is 6.80. The number of benzene rings is 2. The second-order valence-electron chi connectivity index (χ2n) is 8.95. The third-order valence-electron chi connectivity index (χ3n) is 6.31. The molecule has 32 heavy (non-hydrogen) atoms. The van der Waals surface area contributed by atoms with E-state index in [2.05, 4.69) is 81.8 Å². The molecule has 1 saturated heterocycles. The molecule has 3 aromatic rings. The third kappa shape index (κ3) is 4.91. The Kier molecular flexibility index (Phi) is 6.71. The molecule has 8 heteroatoms. The minimum atomic E-state index is -0.483. The number of carbonyl (C=O) groups is 1. The van der Waals surface area contributed by atoms with Crippen molar-refractivity contribution in [1.82, 2.24) is 30.4 Å². The van der Waals surface area contributed by atoms with Gasteiger partial charge < -0.3 is 4.90 Å². The van der Waals surface area contributed by atoms with Gasteiger partial charge in [0.2, 0.25) is 5.91 Å². The van der Waals surface area contributed by atoms with Crippen molar-refractivity contribution in [2.24, 2.45) is 5.92 Å². The van der Waals surface area contributed by atoms with Crippen LogP contribution >= 0.6 is 15.9 Å². The molecule has 2 atom stereocenters. The van der Waals surface area contributed by atoms with Crippen LogP contribution in [0, 0.1) is 5.92 Å². The molecule has 168 valence electrons. The maximum Gasteiger partial charge on any atom is 0.224 e. The average Bonchev–Trinajstić information content (AvgIpc) is 3.35. The van der Waals surface area contributed by atoms with Gasteiger partial charge in [0.05, 0.1) is 12.1 Å². The summed E-state index contributed by atoms with van der Waals surface area (Å²) in [5, 5.41) is 16.4. The summed E-state index contributed by atoms with van der Waals surface area (Å²) in [4.78, 5) is 14.6. The molecule has 1 fully saturated rings. The van der Waals surface area contributed by atoms with E-state index >= 15 is 0 Å². The summed E-state index contributed by atoms with van der Waals surface area (Å²) >= 11 is 3.53. The number of carbonyl (C=O) groups excluding carboxylic acids is 1. The maximum absolute atomic E-state index is 12.7. The highest BCUT2D eigenvalue weighted by atomic mass is 79.9. The molecule has 1 aromatic heterocycles. The predicted octanol–water partition coefficient (Wildman–Crippen LogP) is 3.75. The number of halogens is 1. The fourth-order valence-electron chi connectivity index (χ4n) is 4.23. The van der Waals surface area contributed by atoms with Crippen molar-refractivity contribution in [1.29, 1.82) is 0 Å². The molecule has 4 rings (SSSR count). The van der Waals surface area contributed by atoms with Crippen LogP contribution < -0.4 is 5.32 Å². The molecule has 0 aliphatic carbocycles. The van der Waals surface area contributed by atoms with Gasteiger partial charge in [-0.3, -0.25) is 10.1 Å². The smallest absolute Gasteiger partial charge is 0.224 e. The van der Waals surface area contributed by atoms with E-state index < -0.39 is 5.54 Å². The van der Waals surface area contributed by atoms with Crippen LogP contribution in [-0.4, -0.2) is 43.6 Å². The molecule has 0 saturated carbocycles. The van der Waals surface area contributed by atoms with Crippen LogP contribution in [0.4, 0.5) is 0 Å². The van der Waals surface area contributed by atoms with Crippen molar-refractivity contribution in [3.8, 4) is 0 Å². The van der Waals surface area contributed by atoms with Crippen LogP contribution in [0.15, 0.2) is 59.1 Å². The normalized spacial score (nSPS) is 18.3. The van der Waals surface area contributed by atoms with Crippen molar-refractivity contribution >= 4 is 21.8 Å². The van der Waals surface area contributed by atoms with Crippen LogP contribution in [0.1, 0.15) is 44.1 Å². The zero-order valence-electron chi connectivity index (χ0n) is 18.7. The molecule has 1 amide bonds. The summed E-state index contributed by atoms with van der Waals surface area (Å²) in [6.07, 6.45) is 0.475. The van der Waals surface area contributed by atoms with E-state index in [4.69, 9.17) is 0 Å². The predicted molar refractivity (Wildman–Crippen MR) is 127 cm³/mol. The number of aromatic nitrogens is 4. The molecule has 0 bridgehead atoms. The lowest BCUT2D eigenvalue weighted by Crippen LogP contribution is -2.51. The highest BCUT2D eigenvalue weighted by Crippen LogP contribution is 2.30. The molecule has 2 heterocycles. The summed E-state index contributed by atoms with van der Waals surface area (Å²) < 4.78 is 2.88. The molecule has 1 aliphatic rings. The van der Waals surface area contributed by atoms with Crippen molar-refractivity contribution in [2.45, 2.75) is 51.9 Å². The number of nitrogens with one attached hydrogen (secondary N) is 1. The van der Waals surface area contributed by atoms with E-state index in [1.807, 2.05) is 39.9 Å². The van der Waals surface area contributed by atoms with Gasteiger partial charge in [-0.1, -0.05) is 72.2 Å². The quantitative estimate of drug-likeness (QED) is 0.513. The Morgan fingerprint density at radius 3 is 2.59 bits per heavy atom. The Morgan fingerprint density at radius 2 is 1.88 bits per heavy atom. The number of likely N-dealkylation sites (tertiary alicyclic amines) is 1. The Labute approximate surface area is 197 Å². The van der Waals surface area contributed by atoms with Gasteiger partial charge in [0, 0.05) is 30.0 Å². The molecule has 1 N–H and O–H groups in total. The first-order valence-corrected chi connectivity index (χ1v) is 11.7. The zero-order chi connectivity index (χ0) is 22.7. The summed E-state index contributed by atoms with van der Waals surface area (Å²) in [5.74, 6) is 1.17. The highest BCUT2D eigenvalue weighted by Gasteiger charge is 2.41. The standard InChI is InChI=1S/C24H29BrN6O/c1-17(2)24(3,23-27-28-29-31(23)15-19-10-7-11-20(25)12-19)26-21-13-22(32)30(16-21)14-18-8-5-4-6-9-18/h4-12,17,21,26H,13-16H2,1-3H3. The van der Waals surface area contributed by atoms with Crippen LogP contribution in [0.25, 0.3) is 0 Å². The van der Waals surface area contributed by atoms with E-state index in [1.54, 1.807) is 0 Å². The van der Waals surface area contributed by atoms with Gasteiger partial charge >= 0.3 is 0 Å². The first kappa shape index (κ1) is 22.6. The molecule has 7 nitrogen and oxygen atoms in total. The molecule has 2 aromatic carbocycles. The Bertz CT molecular complexity index is 1070. The van der Waals surface area contributed by atoms with Crippen molar-refractivity contribution in [2.75, 3.05) is 6.54 Å². The fraction of sp³-hybridized carbons (Fsp3) is 0.417. The minimum absolute atomic E-state index is 0.0367. The Hall–Kier alpha value is -2.58. The summed E-state index contributed by atoms with van der Waals surface area (Å²) in [5.41, 5.74) is 1.78. The first-order valence-electron chi connectivity index (χ1n) is 11.0. The molecule has 2 unspecified atom stereocenters. The molecular formula is C24H29BrN6O. The average molecular weight is 497 g/mol. The number of hydrogen-bond acceptors (Lipinski definition) is 5. The molecule has 0 spiro atoms. The molecule has 0 radical (unpaired) electrons. The Balaban J connectivity index is 1.51. The number of hydrogen-bond donors (Lipinski definition) is 1. The monoisotopic (exact) mass is 496 g/mol. The van der Waals surface area contributed by atoms with E-state index in [1.165, 1.54) is 0 Å². The van der Waals surface area contributed by atoms with Crippen LogP contribution in [0.2, 0.25) is 0 Å². The van der Waals surface area contributed by atoms with Crippen molar-refractivity contribution in [3.63, 3.8) is 0 Å². The maximum atomic E-state index is 12.7. The largest absolute Gasteiger partial charge is 0.337 e. The van der Waals surface area contributed by atoms with Crippen molar-refractivity contribution < 1.29 is 4.79 Å². The number of amides is 1. The van der Waals surface area contributed by atoms with Crippen molar-refractivity contribution in [3.05, 3.63) is 76.0 Å². The highest BCUT2D eigenvalue weighted by molar-refractivity contribution is 9.10. The van der Waals surface area contributed by atoms with E-state index in [0.717, 1.165) is 21.4 Å². The van der Waals surface area contributed by atoms with Gasteiger partial charge in [-0.25, -0.2) is 4.68 Å². The minimum Gasteiger partial charge on any atom is -0.337 e. The molecular weight excluding hydrogens is 468 g/mol. The van der Waals surface area contributed by atoms with E-state index in [0.29, 0.717) is 26.1 Å². The Morgan fingerprint density at radius 1 is 1.12 bits per heavy atom. The fourth-order valence-corrected chi connectivity index (χ4v) is 4.68. The SMILES string of the molecule is CC(C)C(C)(NC1CC(=O)N(Cc2ccccc2)C1)c1nnnn1Cc1cccc(Br)c1. The molecule has 1 aliphatic heterocycles. The second kappa shape index (κ2) is 9.50. The topological polar surface area (TPSA) is 75.9 Å². The second-order valence-corrected chi connectivity index (χ2v) is 9.87. The van der Waals surface area contributed by atoms with Crippen LogP contribution in [0.5, 0.6) is 0 Å². The first-order chi connectivity index (χ1) is 15.3. The van der Waals surface area contributed by atoms with Gasteiger partial charge in [0.15, 0.2) is 5.82 Å². The van der Waals surface area contributed by atoms with Gasteiger partial charge in [0.25, 0.3) is 0 Å². The number of tetrazole rings is 1. The lowest BCUT2D eigenvalue weighted by molar-refractivity contribution is -0.128. The van der Waals surface area contributed by atoms with Crippen LogP contribution in [-0.2, 0) is 23.4 Å². The number of nitrogens with zero attached hydrogens (tertiary/aromatic N) is 5. The van der Waals surface area contributed by atoms with E-state index in [9.17, 15) is 4.79 Å². The lowest BCUT2D eigenvalue weighted by Gasteiger charge is -2.36. The van der Waals surface area contributed by atoms with Gasteiger partial charge in [0.1, 0.15) is 0 Å². The van der Waals surface area contributed by atoms with Gasteiger partial charge in [-0.05, 0) is 46.5 Å². The van der Waals surface area contributed by atoms with Gasteiger partial charge in [-0.15, -0.1) is 5.10 Å². The van der Waals surface area contributed by atoms with E-state index in [-0.39, 0.29) is 17.9 Å². The summed E-state index contributed by atoms with van der Waals surface area (Å²) in [6.45, 7) is 8.33.